The maximum Gasteiger partial charge on any atom is 0.416 e. The summed E-state index contributed by atoms with van der Waals surface area (Å²) in [6.07, 6.45) is -2.84. The van der Waals surface area contributed by atoms with Crippen molar-refractivity contribution >= 4 is 43.8 Å². The Bertz CT molecular complexity index is 1290. The summed E-state index contributed by atoms with van der Waals surface area (Å²) in [6, 6.07) is 10.4. The van der Waals surface area contributed by atoms with Gasteiger partial charge in [0.2, 0.25) is 10.0 Å². The molecule has 1 aliphatic heterocycles. The summed E-state index contributed by atoms with van der Waals surface area (Å²) in [6.45, 7) is 0.757. The van der Waals surface area contributed by atoms with Crippen LogP contribution < -0.4 is 10.0 Å². The molecule has 1 aliphatic rings. The van der Waals surface area contributed by atoms with Gasteiger partial charge in [-0.1, -0.05) is 12.1 Å². The van der Waals surface area contributed by atoms with Gasteiger partial charge in [-0.15, -0.1) is 11.3 Å². The van der Waals surface area contributed by atoms with Gasteiger partial charge in [0.15, 0.2) is 5.13 Å². The first-order chi connectivity index (χ1) is 15.5. The lowest BCUT2D eigenvalue weighted by atomic mass is 9.97. The summed E-state index contributed by atoms with van der Waals surface area (Å²) in [5.41, 5.74) is 2.65. The van der Waals surface area contributed by atoms with Crippen molar-refractivity contribution in [2.24, 2.45) is 0 Å². The number of alkyl halides is 3. The second-order valence-electron chi connectivity index (χ2n) is 7.53. The maximum absolute atomic E-state index is 12.9. The van der Waals surface area contributed by atoms with E-state index in [0.29, 0.717) is 25.2 Å². The predicted molar refractivity (Wildman–Crippen MR) is 120 cm³/mol. The smallest absolute Gasteiger partial charge is 0.355 e. The fraction of sp³-hybridized carbons (Fsp3) is 0.238. The van der Waals surface area contributed by atoms with Crippen LogP contribution in [-0.2, 0) is 29.2 Å². The second-order valence-corrected chi connectivity index (χ2v) is 10.1. The third-order valence-electron chi connectivity index (χ3n) is 5.04. The molecule has 0 fully saturated rings. The molecule has 0 radical (unpaired) electrons. The second kappa shape index (κ2) is 8.67. The minimum Gasteiger partial charge on any atom is -0.355 e. The molecule has 3 aromatic rings. The van der Waals surface area contributed by atoms with E-state index in [2.05, 4.69) is 15.0 Å². The third-order valence-corrected chi connectivity index (χ3v) is 6.49. The van der Waals surface area contributed by atoms with E-state index < -0.39 is 21.8 Å². The Hall–Kier alpha value is -3.12. The third kappa shape index (κ3) is 5.45. The van der Waals surface area contributed by atoms with Crippen LogP contribution in [0, 0.1) is 0 Å². The average Bonchev–Trinajstić information content (AvgIpc) is 3.19. The highest BCUT2D eigenvalue weighted by atomic mass is 32.2. The van der Waals surface area contributed by atoms with Gasteiger partial charge in [0.05, 0.1) is 11.8 Å². The molecule has 0 bridgehead atoms. The monoisotopic (exact) mass is 496 g/mol. The topological polar surface area (TPSA) is 91.4 Å². The van der Waals surface area contributed by atoms with Crippen LogP contribution in [0.25, 0.3) is 0 Å². The van der Waals surface area contributed by atoms with Gasteiger partial charge in [0.25, 0.3) is 5.91 Å². The van der Waals surface area contributed by atoms with Gasteiger partial charge in [-0.25, -0.2) is 13.4 Å². The zero-order chi connectivity index (χ0) is 23.8. The van der Waals surface area contributed by atoms with Crippen LogP contribution in [0.1, 0.15) is 27.2 Å². The van der Waals surface area contributed by atoms with Crippen LogP contribution in [0.3, 0.4) is 0 Å². The van der Waals surface area contributed by atoms with Crippen molar-refractivity contribution in [2.75, 3.05) is 22.8 Å². The number of hydrogen-bond acceptors (Lipinski definition) is 6. The summed E-state index contributed by atoms with van der Waals surface area (Å²) < 4.78 is 63.3. The number of carbonyl (C=O) groups excluding carboxylic acids is 1. The molecular formula is C21H19F3N4O3S2. The Morgan fingerprint density at radius 2 is 1.88 bits per heavy atom. The quantitative estimate of drug-likeness (QED) is 0.544. The summed E-state index contributed by atoms with van der Waals surface area (Å²) in [5, 5.41) is 4.80. The number of anilines is 3. The molecule has 0 spiro atoms. The first-order valence-corrected chi connectivity index (χ1v) is 12.5. The normalized spacial score (nSPS) is 14.0. The Balaban J connectivity index is 1.48. The highest BCUT2D eigenvalue weighted by Crippen LogP contribution is 2.32. The lowest BCUT2D eigenvalue weighted by Gasteiger charge is -2.30. The molecule has 174 valence electrons. The molecular weight excluding hydrogens is 477 g/mol. The molecule has 1 aromatic heterocycles. The van der Waals surface area contributed by atoms with Crippen molar-refractivity contribution in [2.45, 2.75) is 19.1 Å². The minimum absolute atomic E-state index is 0.126. The Labute approximate surface area is 192 Å². The number of benzene rings is 2. The summed E-state index contributed by atoms with van der Waals surface area (Å²) in [4.78, 5) is 18.6. The number of halogens is 3. The number of fused-ring (bicyclic) bond motifs is 1. The van der Waals surface area contributed by atoms with Crippen LogP contribution >= 0.6 is 11.3 Å². The Morgan fingerprint density at radius 1 is 1.15 bits per heavy atom. The Morgan fingerprint density at radius 3 is 2.55 bits per heavy atom. The zero-order valence-electron chi connectivity index (χ0n) is 17.3. The summed E-state index contributed by atoms with van der Waals surface area (Å²) in [7, 11) is -3.48. The number of rotatable bonds is 5. The first-order valence-electron chi connectivity index (χ1n) is 9.77. The number of thiazole rings is 1. The van der Waals surface area contributed by atoms with Crippen molar-refractivity contribution in [3.8, 4) is 0 Å². The standard InChI is InChI=1S/C21H19F3N4O3S2/c1-33(30,31)27-20-26-18(12-32-20)19(29)28-10-9-16-13(11-28)3-2-4-17(16)25-15-7-5-14(6-8-15)21(22,23)24/h2-8,12,25H,9-11H2,1H3,(H,26,27). The van der Waals surface area contributed by atoms with Crippen molar-refractivity contribution in [1.82, 2.24) is 9.88 Å². The number of aromatic nitrogens is 1. The van der Waals surface area contributed by atoms with Crippen molar-refractivity contribution in [3.63, 3.8) is 0 Å². The predicted octanol–water partition coefficient (Wildman–Crippen LogP) is 4.48. The number of sulfonamides is 1. The minimum atomic E-state index is -4.39. The van der Waals surface area contributed by atoms with Crippen LogP contribution in [0.4, 0.5) is 29.7 Å². The number of amides is 1. The van der Waals surface area contributed by atoms with Gasteiger partial charge in [-0.05, 0) is 47.9 Å². The molecule has 0 atom stereocenters. The summed E-state index contributed by atoms with van der Waals surface area (Å²) in [5.74, 6) is -0.306. The molecule has 1 amide bonds. The number of nitrogens with one attached hydrogen (secondary N) is 2. The first kappa shape index (κ1) is 23.1. The average molecular weight is 497 g/mol. The highest BCUT2D eigenvalue weighted by Gasteiger charge is 2.30. The van der Waals surface area contributed by atoms with Crippen LogP contribution in [0.5, 0.6) is 0 Å². The van der Waals surface area contributed by atoms with E-state index in [9.17, 15) is 26.4 Å². The number of carbonyl (C=O) groups is 1. The van der Waals surface area contributed by atoms with Gasteiger partial charge < -0.3 is 10.2 Å². The lowest BCUT2D eigenvalue weighted by molar-refractivity contribution is -0.137. The lowest BCUT2D eigenvalue weighted by Crippen LogP contribution is -2.36. The molecule has 2 heterocycles. The van der Waals surface area contributed by atoms with E-state index in [4.69, 9.17) is 0 Å². The van der Waals surface area contributed by atoms with E-state index in [-0.39, 0.29) is 16.7 Å². The maximum atomic E-state index is 12.9. The SMILES string of the molecule is CS(=O)(=O)Nc1nc(C(=O)N2CCc3c(cccc3Nc3ccc(C(F)(F)F)cc3)C2)cs1. The van der Waals surface area contributed by atoms with E-state index in [1.54, 1.807) is 4.90 Å². The van der Waals surface area contributed by atoms with Crippen LogP contribution in [-0.4, -0.2) is 37.0 Å². The van der Waals surface area contributed by atoms with Crippen molar-refractivity contribution in [1.29, 1.82) is 0 Å². The molecule has 7 nitrogen and oxygen atoms in total. The van der Waals surface area contributed by atoms with Crippen molar-refractivity contribution < 1.29 is 26.4 Å². The van der Waals surface area contributed by atoms with Crippen LogP contribution in [0.2, 0.25) is 0 Å². The van der Waals surface area contributed by atoms with E-state index in [0.717, 1.165) is 46.5 Å². The molecule has 0 aliphatic carbocycles. The Kier molecular flexibility index (Phi) is 6.06. The molecule has 0 unspecified atom stereocenters. The zero-order valence-corrected chi connectivity index (χ0v) is 18.9. The van der Waals surface area contributed by atoms with Gasteiger partial charge >= 0.3 is 6.18 Å². The van der Waals surface area contributed by atoms with E-state index in [1.807, 2.05) is 18.2 Å². The molecule has 0 saturated heterocycles. The highest BCUT2D eigenvalue weighted by molar-refractivity contribution is 7.92. The van der Waals surface area contributed by atoms with Gasteiger partial charge in [-0.2, -0.15) is 13.2 Å². The largest absolute Gasteiger partial charge is 0.416 e. The van der Waals surface area contributed by atoms with E-state index in [1.165, 1.54) is 17.5 Å². The molecule has 2 N–H and O–H groups in total. The number of hydrogen-bond donors (Lipinski definition) is 2. The fourth-order valence-electron chi connectivity index (χ4n) is 3.54. The van der Waals surface area contributed by atoms with Gasteiger partial charge in [0, 0.05) is 29.8 Å². The molecule has 12 heteroatoms. The van der Waals surface area contributed by atoms with Gasteiger partial charge in [-0.3, -0.25) is 9.52 Å². The molecule has 33 heavy (non-hydrogen) atoms. The van der Waals surface area contributed by atoms with E-state index >= 15 is 0 Å². The summed E-state index contributed by atoms with van der Waals surface area (Å²) >= 11 is 1.03. The van der Waals surface area contributed by atoms with Crippen LogP contribution in [0.15, 0.2) is 47.8 Å². The fourth-order valence-corrected chi connectivity index (χ4v) is 5.07. The molecule has 4 rings (SSSR count). The van der Waals surface area contributed by atoms with Crippen molar-refractivity contribution in [3.05, 3.63) is 70.2 Å². The number of nitrogens with zero attached hydrogens (tertiary/aromatic N) is 2. The molecule has 2 aromatic carbocycles. The van der Waals surface area contributed by atoms with Gasteiger partial charge in [0.1, 0.15) is 5.69 Å². The molecule has 0 saturated carbocycles.